The topological polar surface area (TPSA) is 107 Å². The standard InChI is InChI=1S/C23H28N4O4S2/c1-3-4-11-26-20(25-9-7-5-6-8-10-25)16(15(2)17(13-24)21(26)30)12-18-22(31)27(14-19(28)29)23(32)33-18/h12H,3-11,14H2,1-2H3,(H,28,29)/b18-12-. The van der Waals surface area contributed by atoms with Gasteiger partial charge in [0.2, 0.25) is 0 Å². The first-order chi connectivity index (χ1) is 15.8. The van der Waals surface area contributed by atoms with Gasteiger partial charge >= 0.3 is 5.97 Å². The van der Waals surface area contributed by atoms with Crippen LogP contribution >= 0.6 is 24.0 Å². The van der Waals surface area contributed by atoms with Crippen molar-refractivity contribution < 1.29 is 14.7 Å². The highest BCUT2D eigenvalue weighted by Crippen LogP contribution is 2.36. The number of hydrogen-bond acceptors (Lipinski definition) is 7. The Bertz CT molecular complexity index is 1100. The zero-order valence-electron chi connectivity index (χ0n) is 18.9. The van der Waals surface area contributed by atoms with Crippen molar-refractivity contribution in [2.45, 2.75) is 58.9 Å². The Balaban J connectivity index is 2.22. The number of aromatic nitrogens is 1. The van der Waals surface area contributed by atoms with Crippen LogP contribution in [0.25, 0.3) is 6.08 Å². The summed E-state index contributed by atoms with van der Waals surface area (Å²) in [7, 11) is 0. The molecule has 3 rings (SSSR count). The van der Waals surface area contributed by atoms with E-state index in [2.05, 4.69) is 11.0 Å². The molecule has 176 valence electrons. The van der Waals surface area contributed by atoms with Crippen LogP contribution < -0.4 is 10.5 Å². The number of carbonyl (C=O) groups excluding carboxylic acids is 1. The molecular formula is C23H28N4O4S2. The number of hydrogen-bond donors (Lipinski definition) is 1. The minimum Gasteiger partial charge on any atom is -0.480 e. The highest BCUT2D eigenvalue weighted by molar-refractivity contribution is 8.26. The van der Waals surface area contributed by atoms with Crippen LogP contribution in [-0.4, -0.2) is 50.4 Å². The van der Waals surface area contributed by atoms with Gasteiger partial charge in [-0.2, -0.15) is 5.26 Å². The lowest BCUT2D eigenvalue weighted by Gasteiger charge is -2.29. The molecule has 2 aliphatic heterocycles. The zero-order chi connectivity index (χ0) is 24.1. The Kier molecular flexibility index (Phi) is 8.32. The second kappa shape index (κ2) is 11.0. The number of unbranched alkanes of at least 4 members (excludes halogenated alkanes) is 1. The number of anilines is 1. The maximum Gasteiger partial charge on any atom is 0.323 e. The summed E-state index contributed by atoms with van der Waals surface area (Å²) in [4.78, 5) is 40.9. The lowest BCUT2D eigenvalue weighted by molar-refractivity contribution is -0.140. The number of nitrogens with zero attached hydrogens (tertiary/aromatic N) is 4. The smallest absolute Gasteiger partial charge is 0.323 e. The van der Waals surface area contributed by atoms with Crippen molar-refractivity contribution in [2.24, 2.45) is 0 Å². The Morgan fingerprint density at radius 2 is 1.91 bits per heavy atom. The molecule has 0 atom stereocenters. The summed E-state index contributed by atoms with van der Waals surface area (Å²) in [5.41, 5.74) is 0.938. The molecule has 0 bridgehead atoms. The quantitative estimate of drug-likeness (QED) is 0.459. The van der Waals surface area contributed by atoms with Crippen molar-refractivity contribution in [3.63, 3.8) is 0 Å². The van der Waals surface area contributed by atoms with Gasteiger partial charge in [-0.15, -0.1) is 0 Å². The second-order valence-electron chi connectivity index (χ2n) is 8.22. The van der Waals surface area contributed by atoms with Gasteiger partial charge in [-0.3, -0.25) is 23.9 Å². The molecule has 8 nitrogen and oxygen atoms in total. The van der Waals surface area contributed by atoms with Crippen molar-refractivity contribution in [3.8, 4) is 6.07 Å². The fourth-order valence-electron chi connectivity index (χ4n) is 4.19. The highest BCUT2D eigenvalue weighted by Gasteiger charge is 2.34. The first-order valence-electron chi connectivity index (χ1n) is 11.2. The third-order valence-corrected chi connectivity index (χ3v) is 7.31. The number of thiocarbonyl (C=S) groups is 1. The molecule has 0 aliphatic carbocycles. The van der Waals surface area contributed by atoms with E-state index in [0.717, 1.165) is 74.1 Å². The summed E-state index contributed by atoms with van der Waals surface area (Å²) in [5.74, 6) is -0.886. The number of carboxylic acid groups (broad SMARTS) is 1. The van der Waals surface area contributed by atoms with Gasteiger partial charge in [-0.1, -0.05) is 50.2 Å². The van der Waals surface area contributed by atoms with Gasteiger partial charge in [-0.25, -0.2) is 0 Å². The number of amides is 1. The molecule has 1 N–H and O–H groups in total. The van der Waals surface area contributed by atoms with Gasteiger partial charge in [0.1, 0.15) is 28.3 Å². The predicted molar refractivity (Wildman–Crippen MR) is 133 cm³/mol. The molecule has 0 saturated carbocycles. The Morgan fingerprint density at radius 1 is 1.24 bits per heavy atom. The van der Waals surface area contributed by atoms with Crippen LogP contribution in [0.1, 0.15) is 62.1 Å². The fraction of sp³-hybridized carbons (Fsp3) is 0.522. The maximum absolute atomic E-state index is 13.3. The van der Waals surface area contributed by atoms with E-state index >= 15 is 0 Å². The van der Waals surface area contributed by atoms with E-state index in [-0.39, 0.29) is 15.4 Å². The molecule has 0 spiro atoms. The average molecular weight is 489 g/mol. The van der Waals surface area contributed by atoms with Crippen LogP contribution in [-0.2, 0) is 16.1 Å². The molecule has 33 heavy (non-hydrogen) atoms. The number of pyridine rings is 1. The molecule has 2 aliphatic rings. The van der Waals surface area contributed by atoms with Gasteiger partial charge in [0.25, 0.3) is 11.5 Å². The SMILES string of the molecule is CCCCn1c(N2CCCCCC2)c(/C=C2\SC(=S)N(CC(=O)O)C2=O)c(C)c(C#N)c1=O. The lowest BCUT2D eigenvalue weighted by atomic mass is 10.0. The van der Waals surface area contributed by atoms with Crippen LogP contribution in [0.2, 0.25) is 0 Å². The van der Waals surface area contributed by atoms with Crippen LogP contribution in [0.5, 0.6) is 0 Å². The lowest BCUT2D eigenvalue weighted by Crippen LogP contribution is -2.35. The number of rotatable bonds is 7. The van der Waals surface area contributed by atoms with Crippen molar-refractivity contribution >= 4 is 52.1 Å². The van der Waals surface area contributed by atoms with Crippen LogP contribution in [0, 0.1) is 18.3 Å². The summed E-state index contributed by atoms with van der Waals surface area (Å²) < 4.78 is 1.87. The third kappa shape index (κ3) is 5.31. The maximum atomic E-state index is 13.3. The molecule has 0 aromatic carbocycles. The molecule has 2 fully saturated rings. The van der Waals surface area contributed by atoms with Crippen LogP contribution in [0.3, 0.4) is 0 Å². The van der Waals surface area contributed by atoms with Gasteiger partial charge in [-0.05, 0) is 37.8 Å². The number of carbonyl (C=O) groups is 2. The second-order valence-corrected chi connectivity index (χ2v) is 9.90. The third-order valence-electron chi connectivity index (χ3n) is 5.93. The van der Waals surface area contributed by atoms with Gasteiger partial charge in [0.05, 0.1) is 4.91 Å². The summed E-state index contributed by atoms with van der Waals surface area (Å²) in [6.45, 7) is 5.34. The van der Waals surface area contributed by atoms with Crippen LogP contribution in [0.4, 0.5) is 5.82 Å². The summed E-state index contributed by atoms with van der Waals surface area (Å²) in [6.07, 6.45) is 7.60. The Labute approximate surface area is 202 Å². The molecule has 3 heterocycles. The normalized spacial score (nSPS) is 18.0. The van der Waals surface area contributed by atoms with Gasteiger partial charge in [0, 0.05) is 25.2 Å². The van der Waals surface area contributed by atoms with Gasteiger partial charge in [0.15, 0.2) is 0 Å². The predicted octanol–water partition coefficient (Wildman–Crippen LogP) is 3.49. The molecule has 0 radical (unpaired) electrons. The van der Waals surface area contributed by atoms with Crippen molar-refractivity contribution in [1.82, 2.24) is 9.47 Å². The molecule has 10 heteroatoms. The zero-order valence-corrected chi connectivity index (χ0v) is 20.6. The molecule has 0 unspecified atom stereocenters. The van der Waals surface area contributed by atoms with E-state index < -0.39 is 18.4 Å². The van der Waals surface area contributed by atoms with Crippen molar-refractivity contribution in [1.29, 1.82) is 5.26 Å². The molecule has 1 aromatic rings. The fourth-order valence-corrected chi connectivity index (χ4v) is 5.43. The van der Waals surface area contributed by atoms with E-state index in [9.17, 15) is 19.6 Å². The largest absolute Gasteiger partial charge is 0.480 e. The first-order valence-corrected chi connectivity index (χ1v) is 12.4. The van der Waals surface area contributed by atoms with Crippen molar-refractivity contribution in [3.05, 3.63) is 31.9 Å². The summed E-state index contributed by atoms with van der Waals surface area (Å²) >= 11 is 6.28. The Morgan fingerprint density at radius 3 is 2.48 bits per heavy atom. The van der Waals surface area contributed by atoms with E-state index in [1.807, 2.05) is 6.92 Å². The first kappa shape index (κ1) is 25.0. The number of carboxylic acids is 1. The van der Waals surface area contributed by atoms with Crippen molar-refractivity contribution in [2.75, 3.05) is 24.5 Å². The number of nitriles is 1. The van der Waals surface area contributed by atoms with E-state index in [0.29, 0.717) is 22.6 Å². The molecule has 1 amide bonds. The summed E-state index contributed by atoms with van der Waals surface area (Å²) in [6, 6.07) is 2.06. The van der Waals surface area contributed by atoms with E-state index in [1.54, 1.807) is 17.6 Å². The highest BCUT2D eigenvalue weighted by atomic mass is 32.2. The minimum atomic E-state index is -1.14. The molecule has 2 saturated heterocycles. The molecular weight excluding hydrogens is 460 g/mol. The average Bonchev–Trinajstić information content (AvgIpc) is 2.96. The Hall–Kier alpha value is -2.64. The number of thioether (sulfide) groups is 1. The van der Waals surface area contributed by atoms with Crippen LogP contribution in [0.15, 0.2) is 9.70 Å². The number of aliphatic carboxylic acids is 1. The minimum absolute atomic E-state index is 0.0666. The van der Waals surface area contributed by atoms with E-state index in [1.165, 1.54) is 0 Å². The van der Waals surface area contributed by atoms with E-state index in [4.69, 9.17) is 17.3 Å². The summed E-state index contributed by atoms with van der Waals surface area (Å²) in [5, 5.41) is 18.9. The monoisotopic (exact) mass is 488 g/mol. The van der Waals surface area contributed by atoms with Gasteiger partial charge < -0.3 is 10.0 Å². The molecule has 1 aromatic heterocycles.